The monoisotopic (exact) mass is 443 g/mol. The third-order valence-corrected chi connectivity index (χ3v) is 7.19. The van der Waals surface area contributed by atoms with Gasteiger partial charge < -0.3 is 0 Å². The van der Waals surface area contributed by atoms with Gasteiger partial charge in [0.15, 0.2) is 0 Å². The first-order chi connectivity index (χ1) is 14.4. The molecule has 0 aliphatic carbocycles. The summed E-state index contributed by atoms with van der Waals surface area (Å²) in [6.07, 6.45) is 1.76. The van der Waals surface area contributed by atoms with Crippen LogP contribution in [0.2, 0.25) is 5.02 Å². The summed E-state index contributed by atoms with van der Waals surface area (Å²) in [6.45, 7) is 5.26. The highest BCUT2D eigenvalue weighted by Gasteiger charge is 2.47. The largest absolute Gasteiger partial charge is 0.332 e. The van der Waals surface area contributed by atoms with Gasteiger partial charge in [-0.1, -0.05) is 23.7 Å². The Kier molecular flexibility index (Phi) is 4.88. The molecule has 156 valence electrons. The van der Waals surface area contributed by atoms with Gasteiger partial charge in [-0.15, -0.1) is 11.3 Å². The lowest BCUT2D eigenvalue weighted by molar-refractivity contribution is 0.298. The molecule has 1 fully saturated rings. The fraction of sp³-hybridized carbons (Fsp3) is 0.429. The van der Waals surface area contributed by atoms with E-state index in [0.29, 0.717) is 6.54 Å². The second-order valence-electron chi connectivity index (χ2n) is 8.22. The molecule has 1 saturated heterocycles. The number of nitrogens with zero attached hydrogens (tertiary/aromatic N) is 5. The van der Waals surface area contributed by atoms with E-state index in [1.165, 1.54) is 21.6 Å². The van der Waals surface area contributed by atoms with Crippen LogP contribution in [0.5, 0.6) is 0 Å². The van der Waals surface area contributed by atoms with Crippen molar-refractivity contribution in [2.45, 2.75) is 44.8 Å². The zero-order chi connectivity index (χ0) is 20.9. The molecule has 5 rings (SSSR count). The quantitative estimate of drug-likeness (QED) is 0.579. The van der Waals surface area contributed by atoms with Gasteiger partial charge in [-0.3, -0.25) is 19.1 Å². The van der Waals surface area contributed by atoms with Crippen molar-refractivity contribution in [3.05, 3.63) is 77.5 Å². The van der Waals surface area contributed by atoms with Crippen molar-refractivity contribution in [3.63, 3.8) is 0 Å². The Hall–Kier alpha value is -2.29. The maximum atomic E-state index is 12.8. The minimum Gasteiger partial charge on any atom is -0.298 e. The molecule has 0 saturated carbocycles. The van der Waals surface area contributed by atoms with Gasteiger partial charge in [-0.05, 0) is 44.0 Å². The maximum Gasteiger partial charge on any atom is 0.332 e. The molecule has 1 aromatic carbocycles. The fourth-order valence-electron chi connectivity index (χ4n) is 4.69. The predicted molar refractivity (Wildman–Crippen MR) is 116 cm³/mol. The number of aromatic nitrogens is 4. The van der Waals surface area contributed by atoms with Crippen molar-refractivity contribution in [2.24, 2.45) is 0 Å². The Morgan fingerprint density at radius 2 is 2.00 bits per heavy atom. The number of hydrogen-bond acceptors (Lipinski definition) is 6. The molecule has 2 aliphatic rings. The normalized spacial score (nSPS) is 20.9. The van der Waals surface area contributed by atoms with Crippen LogP contribution in [0.3, 0.4) is 0 Å². The lowest BCUT2D eigenvalue weighted by Crippen LogP contribution is -2.45. The first kappa shape index (κ1) is 19.7. The van der Waals surface area contributed by atoms with Crippen LogP contribution in [-0.4, -0.2) is 37.3 Å². The van der Waals surface area contributed by atoms with E-state index in [2.05, 4.69) is 16.0 Å². The van der Waals surface area contributed by atoms with Crippen LogP contribution in [0.15, 0.2) is 39.2 Å². The summed E-state index contributed by atoms with van der Waals surface area (Å²) >= 11 is 7.66. The van der Waals surface area contributed by atoms with E-state index in [-0.39, 0.29) is 12.0 Å². The van der Waals surface area contributed by atoms with Crippen LogP contribution >= 0.6 is 22.9 Å². The Balaban J connectivity index is 1.44. The molecule has 2 aromatic heterocycles. The molecule has 1 spiro atoms. The van der Waals surface area contributed by atoms with Crippen molar-refractivity contribution in [1.82, 2.24) is 24.2 Å². The highest BCUT2D eigenvalue weighted by molar-refractivity contribution is 7.09. The van der Waals surface area contributed by atoms with Crippen LogP contribution in [0.25, 0.3) is 0 Å². The molecular formula is C21H22ClN5O2S. The van der Waals surface area contributed by atoms with Crippen molar-refractivity contribution in [2.75, 3.05) is 13.1 Å². The maximum absolute atomic E-state index is 12.8. The van der Waals surface area contributed by atoms with Crippen LogP contribution in [-0.2, 0) is 25.0 Å². The third kappa shape index (κ3) is 3.42. The number of aryl methyl sites for hydroxylation is 1. The van der Waals surface area contributed by atoms with E-state index in [1.807, 2.05) is 30.5 Å². The summed E-state index contributed by atoms with van der Waals surface area (Å²) in [6, 6.07) is 7.92. The lowest BCUT2D eigenvalue weighted by atomic mass is 9.85. The van der Waals surface area contributed by atoms with Gasteiger partial charge in [0.05, 0.1) is 17.2 Å². The van der Waals surface area contributed by atoms with Crippen molar-refractivity contribution in [1.29, 1.82) is 0 Å². The zero-order valence-corrected chi connectivity index (χ0v) is 18.2. The van der Waals surface area contributed by atoms with Gasteiger partial charge in [-0.25, -0.2) is 9.67 Å². The number of rotatable bonds is 4. The van der Waals surface area contributed by atoms with Gasteiger partial charge in [0.1, 0.15) is 5.82 Å². The molecule has 0 bridgehead atoms. The average molecular weight is 444 g/mol. The number of benzene rings is 1. The number of fused-ring (bicyclic) bond motifs is 2. The first-order valence-electron chi connectivity index (χ1n) is 10.0. The SMILES string of the molecule is Cc1nc(Cn2nc3n(c(=O)c2=O)CC[C@@]32CCN(Cc3cccc(Cl)c3)C2)cs1. The Morgan fingerprint density at radius 1 is 1.17 bits per heavy atom. The molecule has 0 unspecified atom stereocenters. The highest BCUT2D eigenvalue weighted by atomic mass is 35.5. The molecular weight excluding hydrogens is 422 g/mol. The van der Waals surface area contributed by atoms with Crippen LogP contribution in [0, 0.1) is 6.92 Å². The van der Waals surface area contributed by atoms with E-state index >= 15 is 0 Å². The Morgan fingerprint density at radius 3 is 2.77 bits per heavy atom. The van der Waals surface area contributed by atoms with Crippen LogP contribution in [0.4, 0.5) is 0 Å². The summed E-state index contributed by atoms with van der Waals surface area (Å²) in [4.78, 5) is 32.2. The number of thiazole rings is 1. The summed E-state index contributed by atoms with van der Waals surface area (Å²) in [5, 5.41) is 8.27. The highest BCUT2D eigenvalue weighted by Crippen LogP contribution is 2.40. The van der Waals surface area contributed by atoms with E-state index in [0.717, 1.165) is 54.0 Å². The number of halogens is 1. The molecule has 3 aromatic rings. The van der Waals surface area contributed by atoms with Crippen LogP contribution in [0.1, 0.15) is 34.9 Å². The van der Waals surface area contributed by atoms with Crippen LogP contribution < -0.4 is 11.1 Å². The van der Waals surface area contributed by atoms with Crippen molar-refractivity contribution in [3.8, 4) is 0 Å². The minimum absolute atomic E-state index is 0.189. The topological polar surface area (TPSA) is 73.0 Å². The number of likely N-dealkylation sites (tertiary alicyclic amines) is 1. The van der Waals surface area contributed by atoms with Gasteiger partial charge >= 0.3 is 11.1 Å². The van der Waals surface area contributed by atoms with E-state index in [9.17, 15) is 9.59 Å². The summed E-state index contributed by atoms with van der Waals surface area (Å²) in [5.74, 6) is 0.743. The zero-order valence-electron chi connectivity index (χ0n) is 16.7. The molecule has 30 heavy (non-hydrogen) atoms. The molecule has 0 radical (unpaired) electrons. The fourth-order valence-corrected chi connectivity index (χ4v) is 5.50. The third-order valence-electron chi connectivity index (χ3n) is 6.13. The van der Waals surface area contributed by atoms with Crippen molar-refractivity contribution < 1.29 is 0 Å². The van der Waals surface area contributed by atoms with Gasteiger partial charge in [0.25, 0.3) is 0 Å². The molecule has 7 nitrogen and oxygen atoms in total. The molecule has 1 atom stereocenters. The molecule has 9 heteroatoms. The summed E-state index contributed by atoms with van der Waals surface area (Å²) < 4.78 is 2.89. The van der Waals surface area contributed by atoms with E-state index in [1.54, 1.807) is 4.57 Å². The van der Waals surface area contributed by atoms with E-state index in [4.69, 9.17) is 16.7 Å². The average Bonchev–Trinajstić information content (AvgIpc) is 3.40. The Labute approximate surface area is 182 Å². The smallest absolute Gasteiger partial charge is 0.298 e. The lowest BCUT2D eigenvalue weighted by Gasteiger charge is -2.24. The van der Waals surface area contributed by atoms with Crippen molar-refractivity contribution >= 4 is 22.9 Å². The predicted octanol–water partition coefficient (Wildman–Crippen LogP) is 2.42. The summed E-state index contributed by atoms with van der Waals surface area (Å²) in [7, 11) is 0. The first-order valence-corrected chi connectivity index (χ1v) is 11.3. The van der Waals surface area contributed by atoms with Gasteiger partial charge in [-0.2, -0.15) is 5.10 Å². The Bertz CT molecular complexity index is 1230. The molecule has 2 aliphatic heterocycles. The van der Waals surface area contributed by atoms with Gasteiger partial charge in [0.2, 0.25) is 0 Å². The molecule has 0 amide bonds. The van der Waals surface area contributed by atoms with Gasteiger partial charge in [0, 0.05) is 35.5 Å². The molecule has 4 heterocycles. The molecule has 0 N–H and O–H groups in total. The van der Waals surface area contributed by atoms with E-state index < -0.39 is 11.1 Å². The summed E-state index contributed by atoms with van der Waals surface area (Å²) in [5.41, 5.74) is 0.696. The standard InChI is InChI=1S/C21H22ClN5O2S/c1-14-23-17(12-30-14)11-27-19(29)18(28)26-8-6-21(20(26)24-27)5-7-25(13-21)10-15-3-2-4-16(22)9-15/h2-4,9,12H,5-8,10-11,13H2,1H3/t21-/m1/s1. The second kappa shape index (κ2) is 7.44. The second-order valence-corrected chi connectivity index (χ2v) is 9.72. The number of hydrogen-bond donors (Lipinski definition) is 0. The minimum atomic E-state index is -0.574.